The van der Waals surface area contributed by atoms with Crippen molar-refractivity contribution in [3.63, 3.8) is 0 Å². The topological polar surface area (TPSA) is 67.8 Å². The molecule has 3 aliphatic rings. The highest BCUT2D eigenvalue weighted by atomic mass is 32.2. The van der Waals surface area contributed by atoms with Crippen LogP contribution in [0.3, 0.4) is 0 Å². The van der Waals surface area contributed by atoms with Crippen LogP contribution in [0.5, 0.6) is 5.75 Å². The van der Waals surface area contributed by atoms with Gasteiger partial charge in [0, 0.05) is 11.1 Å². The molecule has 5 rings (SSSR count). The van der Waals surface area contributed by atoms with Gasteiger partial charge in [0.15, 0.2) is 0 Å². The Bertz CT molecular complexity index is 1140. The summed E-state index contributed by atoms with van der Waals surface area (Å²) in [6.07, 6.45) is 5.19. The van der Waals surface area contributed by atoms with Crippen LogP contribution in [0.2, 0.25) is 0 Å². The number of methoxy groups -OCH3 is 1. The Kier molecular flexibility index (Phi) is 5.31. The van der Waals surface area contributed by atoms with Crippen molar-refractivity contribution < 1.29 is 13.2 Å². The van der Waals surface area contributed by atoms with Gasteiger partial charge in [0.05, 0.1) is 12.0 Å². The molecule has 170 valence electrons. The van der Waals surface area contributed by atoms with Gasteiger partial charge in [0.1, 0.15) is 5.75 Å². The molecule has 6 heteroatoms. The van der Waals surface area contributed by atoms with Crippen molar-refractivity contribution in [3.05, 3.63) is 59.7 Å². The monoisotopic (exact) mass is 452 g/mol. The molecule has 0 heterocycles. The molecule has 0 radical (unpaired) electrons. The molecule has 0 unspecified atom stereocenters. The van der Waals surface area contributed by atoms with Gasteiger partial charge < -0.3 is 4.74 Å². The zero-order chi connectivity index (χ0) is 22.5. The third kappa shape index (κ3) is 3.43. The van der Waals surface area contributed by atoms with Gasteiger partial charge in [0.25, 0.3) is 10.0 Å². The standard InChI is InChI=1S/C26H32N2O3S/c1-17-15-18-16-19(31-3)9-10-21(18)22-13-14-26(2)23(25(17)22)11-12-24(26)27-28-32(29,30)20-7-5-4-6-8-20/h4-10,16-17,22-23,25,28H,11-15H2,1-3H3/t17-,22-,23+,25-,26+/m1/s1. The number of rotatable bonds is 4. The number of hydrogen-bond donors (Lipinski definition) is 1. The van der Waals surface area contributed by atoms with Gasteiger partial charge in [-0.15, -0.1) is 0 Å². The number of nitrogens with zero attached hydrogens (tertiary/aromatic N) is 1. The van der Waals surface area contributed by atoms with Gasteiger partial charge in [-0.1, -0.05) is 38.1 Å². The lowest BCUT2D eigenvalue weighted by Gasteiger charge is -2.51. The summed E-state index contributed by atoms with van der Waals surface area (Å²) in [6, 6.07) is 15.1. The van der Waals surface area contributed by atoms with E-state index in [1.54, 1.807) is 31.4 Å². The molecule has 32 heavy (non-hydrogen) atoms. The van der Waals surface area contributed by atoms with E-state index in [2.05, 4.69) is 42.0 Å². The van der Waals surface area contributed by atoms with Crippen molar-refractivity contribution in [2.24, 2.45) is 28.3 Å². The summed E-state index contributed by atoms with van der Waals surface area (Å²) < 4.78 is 30.9. The van der Waals surface area contributed by atoms with Crippen molar-refractivity contribution in [2.45, 2.75) is 56.8 Å². The molecule has 5 atom stereocenters. The van der Waals surface area contributed by atoms with E-state index < -0.39 is 10.0 Å². The number of ether oxygens (including phenoxy) is 1. The predicted octanol–water partition coefficient (Wildman–Crippen LogP) is 5.13. The summed E-state index contributed by atoms with van der Waals surface area (Å²) >= 11 is 0. The average Bonchev–Trinajstić information content (AvgIpc) is 3.14. The number of hydrogen-bond acceptors (Lipinski definition) is 4. The molecule has 0 saturated heterocycles. The normalized spacial score (nSPS) is 32.7. The minimum atomic E-state index is -3.64. The molecule has 0 spiro atoms. The van der Waals surface area contributed by atoms with E-state index in [1.165, 1.54) is 11.1 Å². The second-order valence-corrected chi connectivity index (χ2v) is 11.7. The van der Waals surface area contributed by atoms with Crippen LogP contribution >= 0.6 is 0 Å². The van der Waals surface area contributed by atoms with Crippen molar-refractivity contribution in [2.75, 3.05) is 7.11 Å². The molecule has 0 amide bonds. The lowest BCUT2D eigenvalue weighted by Crippen LogP contribution is -2.45. The number of nitrogens with one attached hydrogen (secondary N) is 1. The first-order chi connectivity index (χ1) is 15.3. The maximum absolute atomic E-state index is 12.7. The molecular weight excluding hydrogens is 420 g/mol. The quantitative estimate of drug-likeness (QED) is 0.654. The van der Waals surface area contributed by atoms with Gasteiger partial charge in [-0.2, -0.15) is 13.5 Å². The van der Waals surface area contributed by atoms with E-state index in [0.29, 0.717) is 23.7 Å². The van der Waals surface area contributed by atoms with Crippen LogP contribution in [0.25, 0.3) is 0 Å². The maximum Gasteiger partial charge on any atom is 0.276 e. The van der Waals surface area contributed by atoms with E-state index in [-0.39, 0.29) is 10.3 Å². The van der Waals surface area contributed by atoms with Crippen molar-refractivity contribution in [3.8, 4) is 5.75 Å². The summed E-state index contributed by atoms with van der Waals surface area (Å²) in [5.41, 5.74) is 3.90. The number of hydrazone groups is 1. The van der Waals surface area contributed by atoms with Crippen LogP contribution in [0.4, 0.5) is 0 Å². The molecule has 2 aromatic carbocycles. The van der Waals surface area contributed by atoms with E-state index in [1.807, 2.05) is 6.07 Å². The lowest BCUT2D eigenvalue weighted by molar-refractivity contribution is 0.0605. The molecule has 0 aliphatic heterocycles. The van der Waals surface area contributed by atoms with Crippen molar-refractivity contribution in [1.82, 2.24) is 4.83 Å². The summed E-state index contributed by atoms with van der Waals surface area (Å²) in [4.78, 5) is 2.78. The van der Waals surface area contributed by atoms with E-state index in [4.69, 9.17) is 4.74 Å². The second kappa shape index (κ2) is 7.91. The Hall–Kier alpha value is -2.34. The minimum absolute atomic E-state index is 0.0430. The Labute approximate surface area is 191 Å². The number of sulfonamides is 1. The first-order valence-electron chi connectivity index (χ1n) is 11.6. The zero-order valence-electron chi connectivity index (χ0n) is 19.0. The lowest BCUT2D eigenvalue weighted by atomic mass is 9.53. The van der Waals surface area contributed by atoms with Crippen LogP contribution in [0.15, 0.2) is 58.5 Å². The maximum atomic E-state index is 12.7. The third-order valence-electron chi connectivity index (χ3n) is 8.38. The summed E-state index contributed by atoms with van der Waals surface area (Å²) in [5.74, 6) is 3.23. The summed E-state index contributed by atoms with van der Waals surface area (Å²) in [6.45, 7) is 4.70. The zero-order valence-corrected chi connectivity index (χ0v) is 19.9. The molecule has 5 nitrogen and oxygen atoms in total. The van der Waals surface area contributed by atoms with Gasteiger partial charge in [-0.25, -0.2) is 4.83 Å². The van der Waals surface area contributed by atoms with Gasteiger partial charge in [-0.3, -0.25) is 0 Å². The van der Waals surface area contributed by atoms with Crippen molar-refractivity contribution in [1.29, 1.82) is 0 Å². The highest BCUT2D eigenvalue weighted by Crippen LogP contribution is 2.61. The number of fused-ring (bicyclic) bond motifs is 5. The fraction of sp³-hybridized carbons (Fsp3) is 0.500. The van der Waals surface area contributed by atoms with Crippen LogP contribution < -0.4 is 9.57 Å². The number of benzene rings is 2. The Balaban J connectivity index is 1.41. The molecule has 0 aromatic heterocycles. The summed E-state index contributed by atoms with van der Waals surface area (Å²) in [7, 11) is -1.91. The molecule has 3 aliphatic carbocycles. The minimum Gasteiger partial charge on any atom is -0.497 e. The smallest absolute Gasteiger partial charge is 0.276 e. The highest BCUT2D eigenvalue weighted by Gasteiger charge is 2.55. The van der Waals surface area contributed by atoms with E-state index in [0.717, 1.165) is 43.6 Å². The fourth-order valence-corrected chi connectivity index (χ4v) is 7.67. The molecule has 1 N–H and O–H groups in total. The SMILES string of the molecule is COc1ccc2c(c1)C[C@@H](C)[C@@H]1[C@@H]2CC[C@]2(C)C(=NNS(=O)(=O)c3ccccc3)CC[C@@H]12. The predicted molar refractivity (Wildman–Crippen MR) is 126 cm³/mol. The van der Waals surface area contributed by atoms with Crippen LogP contribution in [-0.4, -0.2) is 21.2 Å². The fourth-order valence-electron chi connectivity index (χ4n) is 6.82. The van der Waals surface area contributed by atoms with Crippen LogP contribution in [0, 0.1) is 23.2 Å². The van der Waals surface area contributed by atoms with Crippen molar-refractivity contribution >= 4 is 15.7 Å². The molecule has 2 saturated carbocycles. The first kappa shape index (κ1) is 21.5. The Morgan fingerprint density at radius 1 is 1.12 bits per heavy atom. The highest BCUT2D eigenvalue weighted by molar-refractivity contribution is 7.89. The second-order valence-electron chi connectivity index (χ2n) is 10.00. The Morgan fingerprint density at radius 3 is 2.66 bits per heavy atom. The summed E-state index contributed by atoms with van der Waals surface area (Å²) in [5, 5.41) is 4.52. The van der Waals surface area contributed by atoms with Crippen LogP contribution in [-0.2, 0) is 16.4 Å². The molecule has 2 aromatic rings. The largest absolute Gasteiger partial charge is 0.497 e. The molecule has 2 fully saturated rings. The Morgan fingerprint density at radius 2 is 1.91 bits per heavy atom. The van der Waals surface area contributed by atoms with E-state index in [9.17, 15) is 8.42 Å². The average molecular weight is 453 g/mol. The van der Waals surface area contributed by atoms with Gasteiger partial charge >= 0.3 is 0 Å². The van der Waals surface area contributed by atoms with Gasteiger partial charge in [0.2, 0.25) is 0 Å². The van der Waals surface area contributed by atoms with Gasteiger partial charge in [-0.05, 0) is 91.2 Å². The first-order valence-corrected chi connectivity index (χ1v) is 13.1. The molecular formula is C26H32N2O3S. The third-order valence-corrected chi connectivity index (χ3v) is 9.60. The van der Waals surface area contributed by atoms with E-state index >= 15 is 0 Å². The molecule has 0 bridgehead atoms. The van der Waals surface area contributed by atoms with Crippen LogP contribution in [0.1, 0.15) is 56.6 Å².